The van der Waals surface area contributed by atoms with Crippen molar-refractivity contribution in [3.05, 3.63) is 45.8 Å². The second-order valence-corrected chi connectivity index (χ2v) is 8.85. The standard InChI is InChI=1S/C23H26N6O6S/c1-33-15-5-4-13(17(34-2)18(15)35-3)23(32)29-8-6-12(7-9-29)22-27-14(10-36-22)21(31)28-20-16(19(24)30)25-11-26-20/h4-5,10-12H,6-9H2,1-3H3,(H2,24,30)(H,25,26)(H,28,31). The van der Waals surface area contributed by atoms with Gasteiger partial charge >= 0.3 is 0 Å². The summed E-state index contributed by atoms with van der Waals surface area (Å²) in [5, 5.41) is 5.02. The lowest BCUT2D eigenvalue weighted by Gasteiger charge is -2.31. The molecule has 12 nitrogen and oxygen atoms in total. The fourth-order valence-electron chi connectivity index (χ4n) is 4.10. The Bertz CT molecular complexity index is 1280. The van der Waals surface area contributed by atoms with Gasteiger partial charge < -0.3 is 35.1 Å². The quantitative estimate of drug-likeness (QED) is 0.412. The van der Waals surface area contributed by atoms with E-state index in [1.54, 1.807) is 22.4 Å². The largest absolute Gasteiger partial charge is 0.493 e. The van der Waals surface area contributed by atoms with E-state index in [4.69, 9.17) is 19.9 Å². The van der Waals surface area contributed by atoms with Gasteiger partial charge in [0.05, 0.1) is 38.2 Å². The molecule has 0 aliphatic carbocycles. The molecule has 1 saturated heterocycles. The Labute approximate surface area is 210 Å². The van der Waals surface area contributed by atoms with Crippen LogP contribution in [0.1, 0.15) is 55.1 Å². The summed E-state index contributed by atoms with van der Waals surface area (Å²) in [6.07, 6.45) is 2.66. The first-order valence-electron chi connectivity index (χ1n) is 11.1. The van der Waals surface area contributed by atoms with Gasteiger partial charge in [-0.25, -0.2) is 9.97 Å². The van der Waals surface area contributed by atoms with Gasteiger partial charge in [0, 0.05) is 24.4 Å². The van der Waals surface area contributed by atoms with Gasteiger partial charge in [-0.1, -0.05) is 0 Å². The number of primary amides is 1. The number of hydrogen-bond acceptors (Lipinski definition) is 9. The second kappa shape index (κ2) is 10.6. The van der Waals surface area contributed by atoms with Crippen LogP contribution in [0, 0.1) is 0 Å². The number of imidazole rings is 1. The molecule has 190 valence electrons. The van der Waals surface area contributed by atoms with E-state index in [0.717, 1.165) is 5.01 Å². The molecule has 36 heavy (non-hydrogen) atoms. The van der Waals surface area contributed by atoms with Crippen molar-refractivity contribution < 1.29 is 28.6 Å². The summed E-state index contributed by atoms with van der Waals surface area (Å²) in [7, 11) is 4.50. The lowest BCUT2D eigenvalue weighted by molar-refractivity contribution is 0.0708. The van der Waals surface area contributed by atoms with Gasteiger partial charge in [-0.2, -0.15) is 0 Å². The van der Waals surface area contributed by atoms with Crippen molar-refractivity contribution in [3.8, 4) is 17.2 Å². The van der Waals surface area contributed by atoms with Crippen molar-refractivity contribution in [1.29, 1.82) is 0 Å². The summed E-state index contributed by atoms with van der Waals surface area (Å²) in [5.41, 5.74) is 5.90. The maximum absolute atomic E-state index is 13.3. The van der Waals surface area contributed by atoms with E-state index in [9.17, 15) is 14.4 Å². The van der Waals surface area contributed by atoms with Crippen molar-refractivity contribution in [2.45, 2.75) is 18.8 Å². The molecular weight excluding hydrogens is 488 g/mol. The number of aromatic nitrogens is 3. The number of aromatic amines is 1. The predicted molar refractivity (Wildman–Crippen MR) is 131 cm³/mol. The van der Waals surface area contributed by atoms with Gasteiger partial charge in [0.1, 0.15) is 11.4 Å². The minimum absolute atomic E-state index is 0.0157. The molecule has 3 aromatic rings. The molecule has 13 heteroatoms. The monoisotopic (exact) mass is 514 g/mol. The molecule has 4 rings (SSSR count). The first kappa shape index (κ1) is 25.0. The van der Waals surface area contributed by atoms with E-state index in [1.165, 1.54) is 39.0 Å². The van der Waals surface area contributed by atoms with Crippen LogP contribution in [0.5, 0.6) is 17.2 Å². The maximum Gasteiger partial charge on any atom is 0.276 e. The van der Waals surface area contributed by atoms with E-state index in [0.29, 0.717) is 48.7 Å². The zero-order valence-electron chi connectivity index (χ0n) is 20.0. The molecule has 1 aliphatic rings. The number of likely N-dealkylation sites (tertiary alicyclic amines) is 1. The predicted octanol–water partition coefficient (Wildman–Crippen LogP) is 2.26. The van der Waals surface area contributed by atoms with Gasteiger partial charge in [-0.3, -0.25) is 14.4 Å². The van der Waals surface area contributed by atoms with Gasteiger partial charge in [-0.05, 0) is 25.0 Å². The molecule has 1 aromatic carbocycles. The first-order valence-corrected chi connectivity index (χ1v) is 11.9. The number of amides is 3. The van der Waals surface area contributed by atoms with Crippen LogP contribution in [-0.2, 0) is 0 Å². The maximum atomic E-state index is 13.3. The number of H-pyrrole nitrogens is 1. The van der Waals surface area contributed by atoms with Gasteiger partial charge in [0.15, 0.2) is 17.3 Å². The highest BCUT2D eigenvalue weighted by Gasteiger charge is 2.30. The van der Waals surface area contributed by atoms with E-state index in [2.05, 4.69) is 20.3 Å². The minimum Gasteiger partial charge on any atom is -0.493 e. The Morgan fingerprint density at radius 1 is 1.11 bits per heavy atom. The summed E-state index contributed by atoms with van der Waals surface area (Å²) in [6, 6.07) is 3.35. The SMILES string of the molecule is COc1ccc(C(=O)N2CCC(c3nc(C(=O)Nc4nc[nH]c4C(N)=O)cs3)CC2)c(OC)c1OC. The smallest absolute Gasteiger partial charge is 0.276 e. The summed E-state index contributed by atoms with van der Waals surface area (Å²) >= 11 is 1.38. The van der Waals surface area contributed by atoms with Crippen molar-refractivity contribution >= 4 is 34.9 Å². The zero-order valence-corrected chi connectivity index (χ0v) is 20.8. The molecular formula is C23H26N6O6S. The van der Waals surface area contributed by atoms with Crippen LogP contribution < -0.4 is 25.3 Å². The van der Waals surface area contributed by atoms with Gasteiger partial charge in [-0.15, -0.1) is 11.3 Å². The topological polar surface area (TPSA) is 162 Å². The van der Waals surface area contributed by atoms with Gasteiger partial charge in [0.2, 0.25) is 5.75 Å². The van der Waals surface area contributed by atoms with Crippen LogP contribution in [0.25, 0.3) is 0 Å². The molecule has 0 saturated carbocycles. The number of hydrogen-bond donors (Lipinski definition) is 3. The molecule has 1 fully saturated rings. The molecule has 0 atom stereocenters. The second-order valence-electron chi connectivity index (χ2n) is 7.96. The number of nitrogens with two attached hydrogens (primary N) is 1. The number of thiazole rings is 1. The number of benzene rings is 1. The van der Waals surface area contributed by atoms with Crippen molar-refractivity contribution in [2.75, 3.05) is 39.7 Å². The lowest BCUT2D eigenvalue weighted by Crippen LogP contribution is -2.38. The summed E-state index contributed by atoms with van der Waals surface area (Å²) < 4.78 is 16.2. The average molecular weight is 515 g/mol. The fourth-order valence-corrected chi connectivity index (χ4v) is 5.07. The van der Waals surface area contributed by atoms with Crippen LogP contribution in [-0.4, -0.2) is 72.0 Å². The summed E-state index contributed by atoms with van der Waals surface area (Å²) in [4.78, 5) is 50.0. The number of carbonyl (C=O) groups is 3. The van der Waals surface area contributed by atoms with E-state index in [1.807, 2.05) is 0 Å². The molecule has 3 heterocycles. The van der Waals surface area contributed by atoms with Crippen LogP contribution in [0.15, 0.2) is 23.8 Å². The molecule has 3 amide bonds. The Hall–Kier alpha value is -4.13. The number of carbonyl (C=O) groups excluding carboxylic acids is 3. The Balaban J connectivity index is 1.41. The Morgan fingerprint density at radius 3 is 2.47 bits per heavy atom. The summed E-state index contributed by atoms with van der Waals surface area (Å²) in [5.74, 6) is -0.0305. The van der Waals surface area contributed by atoms with E-state index >= 15 is 0 Å². The zero-order chi connectivity index (χ0) is 25.8. The fraction of sp³-hybridized carbons (Fsp3) is 0.348. The van der Waals surface area contributed by atoms with Crippen LogP contribution in [0.3, 0.4) is 0 Å². The Kier molecular flexibility index (Phi) is 7.38. The molecule has 2 aromatic heterocycles. The van der Waals surface area contributed by atoms with E-state index in [-0.39, 0.29) is 29.0 Å². The van der Waals surface area contributed by atoms with Crippen LogP contribution in [0.4, 0.5) is 5.82 Å². The normalized spacial score (nSPS) is 13.8. The number of nitrogens with one attached hydrogen (secondary N) is 2. The highest BCUT2D eigenvalue weighted by atomic mass is 32.1. The lowest BCUT2D eigenvalue weighted by atomic mass is 9.97. The third kappa shape index (κ3) is 4.82. The highest BCUT2D eigenvalue weighted by molar-refractivity contribution is 7.10. The number of ether oxygens (including phenoxy) is 3. The molecule has 4 N–H and O–H groups in total. The minimum atomic E-state index is -0.728. The summed E-state index contributed by atoms with van der Waals surface area (Å²) in [6.45, 7) is 1.05. The molecule has 1 aliphatic heterocycles. The molecule has 0 bridgehead atoms. The number of piperidine rings is 1. The molecule has 0 unspecified atom stereocenters. The van der Waals surface area contributed by atoms with Crippen LogP contribution >= 0.6 is 11.3 Å². The average Bonchev–Trinajstić information content (AvgIpc) is 3.57. The molecule has 0 spiro atoms. The van der Waals surface area contributed by atoms with Crippen molar-refractivity contribution in [2.24, 2.45) is 5.73 Å². The first-order chi connectivity index (χ1) is 17.4. The number of nitrogens with zero attached hydrogens (tertiary/aromatic N) is 3. The van der Waals surface area contributed by atoms with Crippen LogP contribution in [0.2, 0.25) is 0 Å². The number of rotatable bonds is 8. The number of anilines is 1. The number of methoxy groups -OCH3 is 3. The van der Waals surface area contributed by atoms with Gasteiger partial charge in [0.25, 0.3) is 17.7 Å². The third-order valence-electron chi connectivity index (χ3n) is 5.94. The molecule has 0 radical (unpaired) electrons. The Morgan fingerprint density at radius 2 is 1.83 bits per heavy atom. The third-order valence-corrected chi connectivity index (χ3v) is 6.95. The van der Waals surface area contributed by atoms with Crippen molar-refractivity contribution in [1.82, 2.24) is 19.9 Å². The highest BCUT2D eigenvalue weighted by Crippen LogP contribution is 2.41. The van der Waals surface area contributed by atoms with E-state index < -0.39 is 11.8 Å². The van der Waals surface area contributed by atoms with Crippen molar-refractivity contribution in [3.63, 3.8) is 0 Å².